The standard InChI is InChI=1S/C12H11N3O3/c13-8-1-3-9(4-2-8)14-12(18)7-5-10(16)15-11(17)6-7/h1-6H,13H2,(H,14,18)(H2,15,16,17). The Balaban J connectivity index is 2.21. The Labute approximate surface area is 102 Å². The highest BCUT2D eigenvalue weighted by Crippen LogP contribution is 2.12. The zero-order chi connectivity index (χ0) is 13.1. The number of anilines is 2. The van der Waals surface area contributed by atoms with Crippen LogP contribution in [0.1, 0.15) is 10.4 Å². The maximum atomic E-state index is 11.8. The average molecular weight is 245 g/mol. The molecule has 1 aromatic heterocycles. The van der Waals surface area contributed by atoms with E-state index in [1.807, 2.05) is 0 Å². The number of nitrogen functional groups attached to an aromatic ring is 1. The van der Waals surface area contributed by atoms with Gasteiger partial charge < -0.3 is 16.2 Å². The van der Waals surface area contributed by atoms with Crippen molar-refractivity contribution in [3.8, 4) is 5.88 Å². The molecule has 0 aliphatic carbocycles. The van der Waals surface area contributed by atoms with E-state index in [0.29, 0.717) is 11.4 Å². The van der Waals surface area contributed by atoms with Gasteiger partial charge >= 0.3 is 0 Å². The van der Waals surface area contributed by atoms with Gasteiger partial charge in [0.25, 0.3) is 11.5 Å². The average Bonchev–Trinajstić information content (AvgIpc) is 2.31. The minimum atomic E-state index is -0.544. The molecular weight excluding hydrogens is 234 g/mol. The number of rotatable bonds is 2. The molecule has 0 aliphatic rings. The van der Waals surface area contributed by atoms with Gasteiger partial charge in [-0.3, -0.25) is 14.6 Å². The van der Waals surface area contributed by atoms with Crippen molar-refractivity contribution in [2.45, 2.75) is 0 Å². The Morgan fingerprint density at radius 3 is 2.50 bits per heavy atom. The number of amides is 1. The van der Waals surface area contributed by atoms with Crippen LogP contribution in [0.15, 0.2) is 41.2 Å². The molecule has 2 rings (SSSR count). The number of H-pyrrole nitrogens is 1. The summed E-state index contributed by atoms with van der Waals surface area (Å²) >= 11 is 0. The lowest BCUT2D eigenvalue weighted by Crippen LogP contribution is -2.15. The third-order valence-electron chi connectivity index (χ3n) is 2.26. The van der Waals surface area contributed by atoms with Gasteiger partial charge in [0.2, 0.25) is 0 Å². The molecule has 0 unspecified atom stereocenters. The largest absolute Gasteiger partial charge is 0.494 e. The fourth-order valence-electron chi connectivity index (χ4n) is 1.43. The van der Waals surface area contributed by atoms with Crippen molar-refractivity contribution in [3.05, 3.63) is 52.3 Å². The first-order valence-electron chi connectivity index (χ1n) is 5.15. The quantitative estimate of drug-likeness (QED) is 0.590. The van der Waals surface area contributed by atoms with Crippen LogP contribution in [0.4, 0.5) is 11.4 Å². The van der Waals surface area contributed by atoms with Crippen molar-refractivity contribution in [1.29, 1.82) is 0 Å². The lowest BCUT2D eigenvalue weighted by Gasteiger charge is -2.05. The summed E-state index contributed by atoms with van der Waals surface area (Å²) in [5.74, 6) is -0.842. The van der Waals surface area contributed by atoms with Gasteiger partial charge in [-0.2, -0.15) is 0 Å². The van der Waals surface area contributed by atoms with Crippen LogP contribution >= 0.6 is 0 Å². The predicted molar refractivity (Wildman–Crippen MR) is 67.5 cm³/mol. The zero-order valence-corrected chi connectivity index (χ0v) is 9.31. The fourth-order valence-corrected chi connectivity index (χ4v) is 1.43. The predicted octanol–water partition coefficient (Wildman–Crippen LogP) is 0.915. The lowest BCUT2D eigenvalue weighted by atomic mass is 10.2. The highest BCUT2D eigenvalue weighted by molar-refractivity contribution is 6.04. The van der Waals surface area contributed by atoms with E-state index in [-0.39, 0.29) is 11.4 Å². The van der Waals surface area contributed by atoms with Crippen LogP contribution in [-0.4, -0.2) is 16.0 Å². The summed E-state index contributed by atoms with van der Waals surface area (Å²) in [6, 6.07) is 8.84. The van der Waals surface area contributed by atoms with E-state index in [9.17, 15) is 14.7 Å². The summed E-state index contributed by atoms with van der Waals surface area (Å²) < 4.78 is 0. The van der Waals surface area contributed by atoms with Gasteiger partial charge in [0, 0.05) is 23.5 Å². The Morgan fingerprint density at radius 1 is 1.22 bits per heavy atom. The number of nitrogens with one attached hydrogen (secondary N) is 2. The van der Waals surface area contributed by atoms with Gasteiger partial charge in [-0.1, -0.05) is 0 Å². The molecule has 0 bridgehead atoms. The summed E-state index contributed by atoms with van der Waals surface area (Å²) in [5, 5.41) is 11.8. The fraction of sp³-hybridized carbons (Fsp3) is 0. The molecule has 0 atom stereocenters. The molecule has 0 aliphatic heterocycles. The maximum Gasteiger partial charge on any atom is 0.256 e. The lowest BCUT2D eigenvalue weighted by molar-refractivity contribution is 0.102. The number of carbonyl (C=O) groups is 1. The molecule has 0 spiro atoms. The Kier molecular flexibility index (Phi) is 3.01. The van der Waals surface area contributed by atoms with E-state index in [4.69, 9.17) is 5.73 Å². The highest BCUT2D eigenvalue weighted by atomic mass is 16.3. The van der Waals surface area contributed by atoms with Crippen LogP contribution in [0.3, 0.4) is 0 Å². The Bertz CT molecular complexity index is 632. The molecule has 1 aromatic carbocycles. The smallest absolute Gasteiger partial charge is 0.256 e. The van der Waals surface area contributed by atoms with Gasteiger partial charge in [0.15, 0.2) is 5.88 Å². The third-order valence-corrected chi connectivity index (χ3v) is 2.26. The Morgan fingerprint density at radius 2 is 1.89 bits per heavy atom. The second-order valence-electron chi connectivity index (χ2n) is 3.69. The Hall–Kier alpha value is -2.76. The first kappa shape index (κ1) is 11.7. The van der Waals surface area contributed by atoms with Gasteiger partial charge in [-0.25, -0.2) is 0 Å². The molecule has 0 fully saturated rings. The van der Waals surface area contributed by atoms with E-state index in [0.717, 1.165) is 6.07 Å². The molecule has 6 nitrogen and oxygen atoms in total. The molecule has 1 amide bonds. The van der Waals surface area contributed by atoms with Crippen molar-refractivity contribution in [2.24, 2.45) is 0 Å². The number of benzene rings is 1. The molecule has 6 heteroatoms. The van der Waals surface area contributed by atoms with Crippen LogP contribution in [-0.2, 0) is 0 Å². The summed E-state index contributed by atoms with van der Waals surface area (Å²) in [6.45, 7) is 0. The molecule has 2 aromatic rings. The topological polar surface area (TPSA) is 108 Å². The molecule has 18 heavy (non-hydrogen) atoms. The SMILES string of the molecule is Nc1ccc(NC(=O)c2cc(O)[nH]c(=O)c2)cc1. The van der Waals surface area contributed by atoms with E-state index in [2.05, 4.69) is 10.3 Å². The van der Waals surface area contributed by atoms with E-state index in [1.54, 1.807) is 24.3 Å². The van der Waals surface area contributed by atoms with Crippen LogP contribution < -0.4 is 16.6 Å². The van der Waals surface area contributed by atoms with Crippen molar-refractivity contribution in [1.82, 2.24) is 4.98 Å². The number of aromatic amines is 1. The van der Waals surface area contributed by atoms with Gasteiger partial charge in [0.1, 0.15) is 0 Å². The molecule has 5 N–H and O–H groups in total. The van der Waals surface area contributed by atoms with Crippen molar-refractivity contribution >= 4 is 17.3 Å². The van der Waals surface area contributed by atoms with Crippen molar-refractivity contribution in [3.63, 3.8) is 0 Å². The van der Waals surface area contributed by atoms with Gasteiger partial charge in [-0.05, 0) is 24.3 Å². The monoisotopic (exact) mass is 245 g/mol. The van der Waals surface area contributed by atoms with E-state index >= 15 is 0 Å². The number of nitrogens with two attached hydrogens (primary N) is 1. The number of aromatic hydroxyl groups is 1. The van der Waals surface area contributed by atoms with Crippen LogP contribution in [0.2, 0.25) is 0 Å². The maximum absolute atomic E-state index is 11.8. The summed E-state index contributed by atoms with van der Waals surface area (Å²) in [5.41, 5.74) is 6.18. The second-order valence-corrected chi connectivity index (χ2v) is 3.69. The minimum Gasteiger partial charge on any atom is -0.494 e. The summed E-state index contributed by atoms with van der Waals surface area (Å²) in [4.78, 5) is 25.0. The van der Waals surface area contributed by atoms with Crippen LogP contribution in [0, 0.1) is 0 Å². The molecule has 92 valence electrons. The minimum absolute atomic E-state index is 0.0769. The zero-order valence-electron chi connectivity index (χ0n) is 9.31. The van der Waals surface area contributed by atoms with Gasteiger partial charge in [-0.15, -0.1) is 0 Å². The van der Waals surface area contributed by atoms with Crippen molar-refractivity contribution in [2.75, 3.05) is 11.1 Å². The summed E-state index contributed by atoms with van der Waals surface area (Å²) in [6.07, 6.45) is 0. The number of pyridine rings is 1. The molecule has 0 saturated heterocycles. The highest BCUT2D eigenvalue weighted by Gasteiger charge is 2.08. The second kappa shape index (κ2) is 4.62. The first-order chi connectivity index (χ1) is 8.54. The number of hydrogen-bond donors (Lipinski definition) is 4. The van der Waals surface area contributed by atoms with Crippen molar-refractivity contribution < 1.29 is 9.90 Å². The molecular formula is C12H11N3O3. The molecule has 0 radical (unpaired) electrons. The van der Waals surface area contributed by atoms with E-state index < -0.39 is 11.5 Å². The van der Waals surface area contributed by atoms with Crippen LogP contribution in [0.25, 0.3) is 0 Å². The molecule has 1 heterocycles. The number of aromatic nitrogens is 1. The van der Waals surface area contributed by atoms with Crippen LogP contribution in [0.5, 0.6) is 5.88 Å². The number of hydrogen-bond acceptors (Lipinski definition) is 4. The summed E-state index contributed by atoms with van der Waals surface area (Å²) in [7, 11) is 0. The number of carbonyl (C=O) groups excluding carboxylic acids is 1. The van der Waals surface area contributed by atoms with Gasteiger partial charge in [0.05, 0.1) is 5.56 Å². The third kappa shape index (κ3) is 2.67. The first-order valence-corrected chi connectivity index (χ1v) is 5.15. The van der Waals surface area contributed by atoms with E-state index in [1.165, 1.54) is 6.07 Å². The molecule has 0 saturated carbocycles. The normalized spacial score (nSPS) is 10.0.